The molecule has 17 heavy (non-hydrogen) atoms. The molecule has 0 aliphatic carbocycles. The molecule has 1 aliphatic heterocycles. The van der Waals surface area contributed by atoms with E-state index in [1.807, 2.05) is 5.38 Å². The minimum atomic E-state index is -0.678. The predicted molar refractivity (Wildman–Crippen MR) is 72.3 cm³/mol. The largest absolute Gasteiger partial charge is 0.480 e. The number of aliphatic carboxylic acids is 1. The van der Waals surface area contributed by atoms with E-state index in [9.17, 15) is 9.90 Å². The van der Waals surface area contributed by atoms with Gasteiger partial charge in [0, 0.05) is 21.3 Å². The topological polar surface area (TPSA) is 40.5 Å². The molecule has 2 heterocycles. The van der Waals surface area contributed by atoms with Gasteiger partial charge in [0.25, 0.3) is 0 Å². The first kappa shape index (κ1) is 13.1. The zero-order chi connectivity index (χ0) is 12.3. The fraction of sp³-hybridized carbons (Fsp3) is 0.583. The molecule has 5 heteroatoms. The lowest BCUT2D eigenvalue weighted by Gasteiger charge is -2.25. The van der Waals surface area contributed by atoms with Gasteiger partial charge in [-0.1, -0.05) is 12.8 Å². The quantitative estimate of drug-likeness (QED) is 0.929. The molecule has 0 amide bonds. The van der Waals surface area contributed by atoms with Gasteiger partial charge in [0.15, 0.2) is 0 Å². The van der Waals surface area contributed by atoms with Gasteiger partial charge in [0.2, 0.25) is 0 Å². The molecular formula is C12H16BrNO2S. The monoisotopic (exact) mass is 317 g/mol. The molecule has 2 rings (SSSR count). The Kier molecular flexibility index (Phi) is 4.59. The molecule has 1 atom stereocenters. The van der Waals surface area contributed by atoms with E-state index in [2.05, 4.69) is 26.9 Å². The van der Waals surface area contributed by atoms with Crippen LogP contribution in [0.25, 0.3) is 0 Å². The number of carboxylic acids is 1. The Morgan fingerprint density at radius 1 is 1.53 bits per heavy atom. The predicted octanol–water partition coefficient (Wildman–Crippen LogP) is 3.34. The van der Waals surface area contributed by atoms with Gasteiger partial charge in [-0.05, 0) is 41.4 Å². The van der Waals surface area contributed by atoms with E-state index < -0.39 is 5.97 Å². The van der Waals surface area contributed by atoms with Crippen LogP contribution >= 0.6 is 27.3 Å². The van der Waals surface area contributed by atoms with Crippen molar-refractivity contribution < 1.29 is 9.90 Å². The molecule has 1 N–H and O–H groups in total. The van der Waals surface area contributed by atoms with Gasteiger partial charge in [0.05, 0.1) is 0 Å². The second kappa shape index (κ2) is 5.98. The van der Waals surface area contributed by atoms with Crippen LogP contribution in [-0.2, 0) is 11.3 Å². The second-order valence-electron chi connectivity index (χ2n) is 4.41. The number of hydrogen-bond acceptors (Lipinski definition) is 3. The smallest absolute Gasteiger partial charge is 0.320 e. The Morgan fingerprint density at radius 3 is 3.00 bits per heavy atom. The number of carbonyl (C=O) groups is 1. The summed E-state index contributed by atoms with van der Waals surface area (Å²) in [6.07, 6.45) is 4.06. The molecule has 0 radical (unpaired) electrons. The van der Waals surface area contributed by atoms with Crippen LogP contribution in [0, 0.1) is 0 Å². The molecule has 1 aliphatic rings. The minimum Gasteiger partial charge on any atom is -0.480 e. The van der Waals surface area contributed by atoms with Crippen LogP contribution in [0.3, 0.4) is 0 Å². The van der Waals surface area contributed by atoms with Gasteiger partial charge in [-0.15, -0.1) is 11.3 Å². The summed E-state index contributed by atoms with van der Waals surface area (Å²) in [4.78, 5) is 14.6. The van der Waals surface area contributed by atoms with Crippen LogP contribution in [0.1, 0.15) is 30.6 Å². The summed E-state index contributed by atoms with van der Waals surface area (Å²) < 4.78 is 1.08. The van der Waals surface area contributed by atoms with Crippen LogP contribution < -0.4 is 0 Å². The summed E-state index contributed by atoms with van der Waals surface area (Å²) in [6.45, 7) is 1.65. The molecule has 1 aromatic rings. The van der Waals surface area contributed by atoms with Crippen LogP contribution in [-0.4, -0.2) is 28.6 Å². The first-order valence-electron chi connectivity index (χ1n) is 5.86. The molecule has 1 aromatic heterocycles. The summed E-state index contributed by atoms with van der Waals surface area (Å²) in [5.74, 6) is -0.678. The van der Waals surface area contributed by atoms with Crippen molar-refractivity contribution in [2.45, 2.75) is 38.3 Å². The molecule has 1 unspecified atom stereocenters. The van der Waals surface area contributed by atoms with Crippen LogP contribution in [0.2, 0.25) is 0 Å². The Balaban J connectivity index is 2.07. The highest BCUT2D eigenvalue weighted by atomic mass is 79.9. The summed E-state index contributed by atoms with van der Waals surface area (Å²) in [5, 5.41) is 11.3. The third-order valence-corrected chi connectivity index (χ3v) is 4.81. The number of thiophene rings is 1. The number of hydrogen-bond donors (Lipinski definition) is 1. The normalized spacial score (nSPS) is 22.3. The van der Waals surface area contributed by atoms with E-state index in [1.54, 1.807) is 11.3 Å². The van der Waals surface area contributed by atoms with Crippen molar-refractivity contribution in [2.75, 3.05) is 6.54 Å². The maximum Gasteiger partial charge on any atom is 0.320 e. The maximum absolute atomic E-state index is 11.3. The van der Waals surface area contributed by atoms with E-state index in [0.717, 1.165) is 43.2 Å². The SMILES string of the molecule is O=C(O)C1CCCCCN1Cc1cc(Br)cs1. The third kappa shape index (κ3) is 3.53. The van der Waals surface area contributed by atoms with Gasteiger partial charge in [0.1, 0.15) is 6.04 Å². The van der Waals surface area contributed by atoms with E-state index in [4.69, 9.17) is 0 Å². The number of halogens is 1. The number of nitrogens with zero attached hydrogens (tertiary/aromatic N) is 1. The molecule has 1 fully saturated rings. The van der Waals surface area contributed by atoms with E-state index in [0.29, 0.717) is 0 Å². The molecule has 94 valence electrons. The van der Waals surface area contributed by atoms with Crippen molar-refractivity contribution in [3.63, 3.8) is 0 Å². The van der Waals surface area contributed by atoms with Crippen molar-refractivity contribution >= 4 is 33.2 Å². The van der Waals surface area contributed by atoms with Crippen molar-refractivity contribution in [1.82, 2.24) is 4.90 Å². The molecule has 3 nitrogen and oxygen atoms in total. The number of carboxylic acid groups (broad SMARTS) is 1. The second-order valence-corrected chi connectivity index (χ2v) is 6.32. The van der Waals surface area contributed by atoms with Crippen molar-refractivity contribution in [1.29, 1.82) is 0 Å². The van der Waals surface area contributed by atoms with Crippen LogP contribution in [0.15, 0.2) is 15.9 Å². The highest BCUT2D eigenvalue weighted by Gasteiger charge is 2.27. The Bertz CT molecular complexity index is 394. The maximum atomic E-state index is 11.3. The molecular weight excluding hydrogens is 302 g/mol. The van der Waals surface area contributed by atoms with Gasteiger partial charge >= 0.3 is 5.97 Å². The van der Waals surface area contributed by atoms with E-state index in [-0.39, 0.29) is 6.04 Å². The summed E-state index contributed by atoms with van der Waals surface area (Å²) in [7, 11) is 0. The zero-order valence-electron chi connectivity index (χ0n) is 9.56. The fourth-order valence-electron chi connectivity index (χ4n) is 2.27. The van der Waals surface area contributed by atoms with Crippen LogP contribution in [0.4, 0.5) is 0 Å². The summed E-state index contributed by atoms with van der Waals surface area (Å²) >= 11 is 5.11. The summed E-state index contributed by atoms with van der Waals surface area (Å²) in [6, 6.07) is 1.77. The van der Waals surface area contributed by atoms with Crippen molar-refractivity contribution in [2.24, 2.45) is 0 Å². The zero-order valence-corrected chi connectivity index (χ0v) is 12.0. The fourth-order valence-corrected chi connectivity index (χ4v) is 3.75. The molecule has 1 saturated heterocycles. The lowest BCUT2D eigenvalue weighted by Crippen LogP contribution is -2.39. The Hall–Kier alpha value is -0.390. The highest BCUT2D eigenvalue weighted by molar-refractivity contribution is 9.10. The Morgan fingerprint density at radius 2 is 2.35 bits per heavy atom. The standard InChI is InChI=1S/C12H16BrNO2S/c13-9-6-10(17-8-9)7-14-5-3-1-2-4-11(14)12(15)16/h6,8,11H,1-5,7H2,(H,15,16). The number of rotatable bonds is 3. The molecule has 0 spiro atoms. The molecule has 0 saturated carbocycles. The van der Waals surface area contributed by atoms with Crippen molar-refractivity contribution in [3.8, 4) is 0 Å². The molecule has 0 bridgehead atoms. The van der Waals surface area contributed by atoms with E-state index in [1.165, 1.54) is 4.88 Å². The number of likely N-dealkylation sites (tertiary alicyclic amines) is 1. The lowest BCUT2D eigenvalue weighted by molar-refractivity contribution is -0.143. The van der Waals surface area contributed by atoms with E-state index >= 15 is 0 Å². The first-order valence-corrected chi connectivity index (χ1v) is 7.54. The van der Waals surface area contributed by atoms with Gasteiger partial charge < -0.3 is 5.11 Å². The lowest BCUT2D eigenvalue weighted by atomic mass is 10.1. The van der Waals surface area contributed by atoms with Crippen LogP contribution in [0.5, 0.6) is 0 Å². The average Bonchev–Trinajstić information content (AvgIpc) is 2.55. The van der Waals surface area contributed by atoms with Gasteiger partial charge in [-0.3, -0.25) is 9.69 Å². The minimum absolute atomic E-state index is 0.307. The van der Waals surface area contributed by atoms with Crippen molar-refractivity contribution in [3.05, 3.63) is 20.8 Å². The summed E-state index contributed by atoms with van der Waals surface area (Å²) in [5.41, 5.74) is 0. The highest BCUT2D eigenvalue weighted by Crippen LogP contribution is 2.24. The molecule has 0 aromatic carbocycles. The third-order valence-electron chi connectivity index (χ3n) is 3.13. The average molecular weight is 318 g/mol. The van der Waals surface area contributed by atoms with Gasteiger partial charge in [-0.25, -0.2) is 0 Å². The Labute approximate surface area is 114 Å². The van der Waals surface area contributed by atoms with Gasteiger partial charge in [-0.2, -0.15) is 0 Å². The first-order chi connectivity index (χ1) is 8.16.